The van der Waals surface area contributed by atoms with Gasteiger partial charge in [-0.25, -0.2) is 4.98 Å². The number of carbonyl (C=O) groups is 1. The van der Waals surface area contributed by atoms with Gasteiger partial charge in [-0.05, 0) is 23.8 Å². The van der Waals surface area contributed by atoms with E-state index in [0.717, 1.165) is 22.0 Å². The molecule has 3 heterocycles. The molecule has 1 aliphatic rings. The van der Waals surface area contributed by atoms with Gasteiger partial charge in [0.1, 0.15) is 0 Å². The lowest BCUT2D eigenvalue weighted by molar-refractivity contribution is -0.116. The van der Waals surface area contributed by atoms with Crippen LogP contribution in [-0.4, -0.2) is 22.1 Å². The van der Waals surface area contributed by atoms with E-state index in [4.69, 9.17) is 9.47 Å². The molecule has 4 rings (SSSR count). The van der Waals surface area contributed by atoms with Crippen LogP contribution < -0.4 is 14.8 Å². The van der Waals surface area contributed by atoms with Crippen molar-refractivity contribution in [1.82, 2.24) is 14.7 Å². The molecular formula is C16H13N3O3S. The van der Waals surface area contributed by atoms with Crippen LogP contribution in [0.5, 0.6) is 11.5 Å². The molecule has 116 valence electrons. The predicted molar refractivity (Wildman–Crippen MR) is 86.5 cm³/mol. The zero-order chi connectivity index (χ0) is 15.6. The van der Waals surface area contributed by atoms with Crippen LogP contribution in [0.2, 0.25) is 0 Å². The monoisotopic (exact) mass is 327 g/mol. The maximum Gasteiger partial charge on any atom is 0.244 e. The molecule has 1 amide bonds. The summed E-state index contributed by atoms with van der Waals surface area (Å²) in [5.74, 6) is 1.29. The standard InChI is InChI=1S/C16H13N3O3S/c20-15(4-2-12-9-18-16-19(12)5-6-23-16)17-8-11-1-3-13-14(7-11)22-10-21-13/h1-7,9H,8,10H2,(H,17,20)/b4-2+. The number of hydrogen-bond donors (Lipinski definition) is 1. The predicted octanol–water partition coefficient (Wildman–Crippen LogP) is 2.45. The SMILES string of the molecule is O=C(/C=C/c1cnc2sccn12)NCc1ccc2c(c1)OCO2. The molecule has 0 saturated carbocycles. The lowest BCUT2D eigenvalue weighted by Gasteiger charge is -2.04. The third kappa shape index (κ3) is 2.78. The summed E-state index contributed by atoms with van der Waals surface area (Å²) in [7, 11) is 0. The van der Waals surface area contributed by atoms with Crippen LogP contribution in [0.1, 0.15) is 11.3 Å². The van der Waals surface area contributed by atoms with Crippen molar-refractivity contribution in [2.45, 2.75) is 6.54 Å². The Bertz CT molecular complexity index is 897. The van der Waals surface area contributed by atoms with Gasteiger partial charge in [0.25, 0.3) is 0 Å². The third-order valence-corrected chi connectivity index (χ3v) is 4.25. The van der Waals surface area contributed by atoms with Crippen LogP contribution in [-0.2, 0) is 11.3 Å². The molecule has 0 bridgehead atoms. The molecule has 7 heteroatoms. The quantitative estimate of drug-likeness (QED) is 0.748. The maximum atomic E-state index is 11.9. The minimum absolute atomic E-state index is 0.159. The second kappa shape index (κ2) is 5.77. The van der Waals surface area contributed by atoms with Crippen molar-refractivity contribution in [1.29, 1.82) is 0 Å². The molecule has 1 N–H and O–H groups in total. The number of imidazole rings is 1. The summed E-state index contributed by atoms with van der Waals surface area (Å²) in [6.07, 6.45) is 6.93. The fourth-order valence-electron chi connectivity index (χ4n) is 2.33. The van der Waals surface area contributed by atoms with E-state index in [1.54, 1.807) is 23.6 Å². The van der Waals surface area contributed by atoms with Gasteiger partial charge in [0.05, 0.1) is 11.9 Å². The summed E-state index contributed by atoms with van der Waals surface area (Å²) < 4.78 is 12.5. The maximum absolute atomic E-state index is 11.9. The Morgan fingerprint density at radius 2 is 2.30 bits per heavy atom. The Morgan fingerprint density at radius 3 is 3.26 bits per heavy atom. The first-order valence-electron chi connectivity index (χ1n) is 7.04. The molecule has 6 nitrogen and oxygen atoms in total. The van der Waals surface area contributed by atoms with Gasteiger partial charge in [-0.1, -0.05) is 6.07 Å². The second-order valence-electron chi connectivity index (χ2n) is 4.98. The zero-order valence-corrected chi connectivity index (χ0v) is 12.9. The Labute approximate surface area is 136 Å². The van der Waals surface area contributed by atoms with E-state index in [9.17, 15) is 4.79 Å². The van der Waals surface area contributed by atoms with Crippen molar-refractivity contribution in [3.05, 3.63) is 53.3 Å². The third-order valence-electron chi connectivity index (χ3n) is 3.48. The molecule has 0 saturated heterocycles. The van der Waals surface area contributed by atoms with Crippen molar-refractivity contribution >= 4 is 28.3 Å². The molecule has 0 unspecified atom stereocenters. The second-order valence-corrected chi connectivity index (χ2v) is 5.85. The molecule has 0 aliphatic carbocycles. The Hall–Kier alpha value is -2.80. The van der Waals surface area contributed by atoms with E-state index in [2.05, 4.69) is 10.3 Å². The number of nitrogens with zero attached hydrogens (tertiary/aromatic N) is 2. The summed E-state index contributed by atoms with van der Waals surface area (Å²) in [6, 6.07) is 5.63. The summed E-state index contributed by atoms with van der Waals surface area (Å²) in [4.78, 5) is 17.1. The van der Waals surface area contributed by atoms with Crippen molar-refractivity contribution < 1.29 is 14.3 Å². The van der Waals surface area contributed by atoms with E-state index >= 15 is 0 Å². The molecule has 1 aliphatic heterocycles. The van der Waals surface area contributed by atoms with E-state index in [1.165, 1.54) is 6.08 Å². The number of hydrogen-bond acceptors (Lipinski definition) is 5. The number of rotatable bonds is 4. The van der Waals surface area contributed by atoms with Gasteiger partial charge in [-0.2, -0.15) is 0 Å². The topological polar surface area (TPSA) is 64.9 Å². The molecule has 3 aromatic rings. The number of nitrogens with one attached hydrogen (secondary N) is 1. The van der Waals surface area contributed by atoms with Crippen LogP contribution in [0.3, 0.4) is 0 Å². The summed E-state index contributed by atoms with van der Waals surface area (Å²) >= 11 is 1.55. The van der Waals surface area contributed by atoms with Gasteiger partial charge in [-0.3, -0.25) is 9.20 Å². The Morgan fingerprint density at radius 1 is 1.39 bits per heavy atom. The van der Waals surface area contributed by atoms with Crippen LogP contribution in [0, 0.1) is 0 Å². The van der Waals surface area contributed by atoms with Crippen LogP contribution in [0.25, 0.3) is 11.0 Å². The number of fused-ring (bicyclic) bond motifs is 2. The summed E-state index contributed by atoms with van der Waals surface area (Å²) in [5, 5.41) is 4.80. The number of ether oxygens (including phenoxy) is 2. The minimum atomic E-state index is -0.159. The number of thiazole rings is 1. The number of amides is 1. The first kappa shape index (κ1) is 13.8. The van der Waals surface area contributed by atoms with E-state index in [1.807, 2.05) is 34.2 Å². The Kier molecular flexibility index (Phi) is 3.47. The highest BCUT2D eigenvalue weighted by Gasteiger charge is 2.13. The molecule has 1 aromatic carbocycles. The molecule has 0 radical (unpaired) electrons. The molecule has 23 heavy (non-hydrogen) atoms. The van der Waals surface area contributed by atoms with Gasteiger partial charge >= 0.3 is 0 Å². The van der Waals surface area contributed by atoms with Crippen LogP contribution in [0.15, 0.2) is 42.0 Å². The average molecular weight is 327 g/mol. The first-order valence-corrected chi connectivity index (χ1v) is 7.92. The van der Waals surface area contributed by atoms with Crippen LogP contribution in [0.4, 0.5) is 0 Å². The highest BCUT2D eigenvalue weighted by atomic mass is 32.1. The van der Waals surface area contributed by atoms with Gasteiger partial charge in [0, 0.05) is 24.2 Å². The van der Waals surface area contributed by atoms with Crippen LogP contribution >= 0.6 is 11.3 Å². The normalized spacial score (nSPS) is 13.0. The summed E-state index contributed by atoms with van der Waals surface area (Å²) in [5.41, 5.74) is 1.83. The number of benzene rings is 1. The van der Waals surface area contributed by atoms with E-state index < -0.39 is 0 Å². The van der Waals surface area contributed by atoms with E-state index in [0.29, 0.717) is 12.3 Å². The van der Waals surface area contributed by atoms with Crippen molar-refractivity contribution in [3.63, 3.8) is 0 Å². The van der Waals surface area contributed by atoms with Gasteiger partial charge in [0.2, 0.25) is 12.7 Å². The largest absolute Gasteiger partial charge is 0.454 e. The lowest BCUT2D eigenvalue weighted by atomic mass is 10.2. The molecule has 0 fully saturated rings. The highest BCUT2D eigenvalue weighted by molar-refractivity contribution is 7.15. The molecular weight excluding hydrogens is 314 g/mol. The number of carbonyl (C=O) groups excluding carboxylic acids is 1. The fraction of sp³-hybridized carbons (Fsp3) is 0.125. The van der Waals surface area contributed by atoms with E-state index in [-0.39, 0.29) is 12.7 Å². The minimum Gasteiger partial charge on any atom is -0.454 e. The Balaban J connectivity index is 1.38. The van der Waals surface area contributed by atoms with Gasteiger partial charge in [0.15, 0.2) is 16.5 Å². The van der Waals surface area contributed by atoms with Gasteiger partial charge in [-0.15, -0.1) is 11.3 Å². The zero-order valence-electron chi connectivity index (χ0n) is 12.1. The summed E-state index contributed by atoms with van der Waals surface area (Å²) in [6.45, 7) is 0.677. The molecule has 0 atom stereocenters. The van der Waals surface area contributed by atoms with Crippen molar-refractivity contribution in [3.8, 4) is 11.5 Å². The lowest BCUT2D eigenvalue weighted by Crippen LogP contribution is -2.20. The highest BCUT2D eigenvalue weighted by Crippen LogP contribution is 2.32. The molecule has 0 spiro atoms. The number of aromatic nitrogens is 2. The van der Waals surface area contributed by atoms with Crippen molar-refractivity contribution in [2.75, 3.05) is 6.79 Å². The average Bonchev–Trinajstić information content (AvgIpc) is 3.27. The van der Waals surface area contributed by atoms with Gasteiger partial charge < -0.3 is 14.8 Å². The smallest absolute Gasteiger partial charge is 0.244 e. The first-order chi connectivity index (χ1) is 11.3. The molecule has 2 aromatic heterocycles. The fourth-order valence-corrected chi connectivity index (χ4v) is 3.03. The van der Waals surface area contributed by atoms with Crippen molar-refractivity contribution in [2.24, 2.45) is 0 Å².